The SMILES string of the molecule is COc1ccc(C(=O)Nc2ccccc2)cc1S(=O)(=O)Nc1ccc(Cl)cc1. The Balaban J connectivity index is 1.91. The van der Waals surface area contributed by atoms with Crippen LogP contribution in [0.3, 0.4) is 0 Å². The number of amides is 1. The first kappa shape index (κ1) is 19.7. The van der Waals surface area contributed by atoms with Gasteiger partial charge in [-0.15, -0.1) is 0 Å². The van der Waals surface area contributed by atoms with Crippen LogP contribution in [0, 0.1) is 0 Å². The summed E-state index contributed by atoms with van der Waals surface area (Å²) >= 11 is 5.83. The van der Waals surface area contributed by atoms with Crippen LogP contribution in [0.5, 0.6) is 5.75 Å². The standard InChI is InChI=1S/C20H17ClN2O4S/c1-27-18-12-7-14(20(24)22-16-5-3-2-4-6-16)13-19(18)28(25,26)23-17-10-8-15(21)9-11-17/h2-13,23H,1H3,(H,22,24). The predicted octanol–water partition coefficient (Wildman–Crippen LogP) is 4.40. The zero-order valence-corrected chi connectivity index (χ0v) is 16.4. The topological polar surface area (TPSA) is 84.5 Å². The summed E-state index contributed by atoms with van der Waals surface area (Å²) in [5.41, 5.74) is 1.12. The maximum absolute atomic E-state index is 12.8. The number of sulfonamides is 1. The Bertz CT molecular complexity index is 1080. The van der Waals surface area contributed by atoms with E-state index in [9.17, 15) is 13.2 Å². The van der Waals surface area contributed by atoms with Crippen molar-refractivity contribution in [1.29, 1.82) is 0 Å². The molecule has 6 nitrogen and oxygen atoms in total. The van der Waals surface area contributed by atoms with Crippen LogP contribution in [0.1, 0.15) is 10.4 Å². The molecule has 0 bridgehead atoms. The van der Waals surface area contributed by atoms with Gasteiger partial charge in [0.25, 0.3) is 15.9 Å². The minimum absolute atomic E-state index is 0.123. The molecule has 0 aromatic heterocycles. The van der Waals surface area contributed by atoms with Gasteiger partial charge in [0.15, 0.2) is 0 Å². The highest BCUT2D eigenvalue weighted by Gasteiger charge is 2.22. The largest absolute Gasteiger partial charge is 0.495 e. The molecule has 0 spiro atoms. The molecule has 0 radical (unpaired) electrons. The molecule has 0 unspecified atom stereocenters. The van der Waals surface area contributed by atoms with Gasteiger partial charge in [-0.05, 0) is 54.6 Å². The van der Waals surface area contributed by atoms with Gasteiger partial charge in [-0.2, -0.15) is 0 Å². The van der Waals surface area contributed by atoms with Crippen LogP contribution in [0.25, 0.3) is 0 Å². The Morgan fingerprint density at radius 3 is 2.25 bits per heavy atom. The lowest BCUT2D eigenvalue weighted by molar-refractivity contribution is 0.102. The molecule has 1 amide bonds. The van der Waals surface area contributed by atoms with E-state index in [0.717, 1.165) is 0 Å². The Labute approximate surface area is 168 Å². The van der Waals surface area contributed by atoms with Gasteiger partial charge >= 0.3 is 0 Å². The van der Waals surface area contributed by atoms with Gasteiger partial charge in [0.05, 0.1) is 7.11 Å². The first-order valence-corrected chi connectivity index (χ1v) is 10.1. The molecular formula is C20H17ClN2O4S. The molecule has 3 aromatic rings. The van der Waals surface area contributed by atoms with Crippen LogP contribution in [0.15, 0.2) is 77.7 Å². The molecule has 144 valence electrons. The number of hydrogen-bond donors (Lipinski definition) is 2. The van der Waals surface area contributed by atoms with Crippen molar-refractivity contribution in [3.63, 3.8) is 0 Å². The van der Waals surface area contributed by atoms with E-state index in [1.165, 1.54) is 25.3 Å². The van der Waals surface area contributed by atoms with Gasteiger partial charge in [0.1, 0.15) is 10.6 Å². The fraction of sp³-hybridized carbons (Fsp3) is 0.0500. The summed E-state index contributed by atoms with van der Waals surface area (Å²) in [6, 6.07) is 19.3. The minimum Gasteiger partial charge on any atom is -0.495 e. The Hall–Kier alpha value is -3.03. The highest BCUT2D eigenvalue weighted by Crippen LogP contribution is 2.28. The Morgan fingerprint density at radius 1 is 0.929 bits per heavy atom. The van der Waals surface area contributed by atoms with Crippen LogP contribution in [0.4, 0.5) is 11.4 Å². The first-order chi connectivity index (χ1) is 13.4. The molecule has 0 fully saturated rings. The fourth-order valence-electron chi connectivity index (χ4n) is 2.48. The first-order valence-electron chi connectivity index (χ1n) is 8.22. The van der Waals surface area contributed by atoms with Crippen molar-refractivity contribution in [3.8, 4) is 5.75 Å². The number of methoxy groups -OCH3 is 1. The quantitative estimate of drug-likeness (QED) is 0.623. The summed E-state index contributed by atoms with van der Waals surface area (Å²) in [5, 5.41) is 3.21. The molecule has 0 saturated heterocycles. The van der Waals surface area contributed by atoms with Crippen molar-refractivity contribution in [1.82, 2.24) is 0 Å². The second-order valence-corrected chi connectivity index (χ2v) is 7.89. The van der Waals surface area contributed by atoms with Crippen LogP contribution in [0.2, 0.25) is 5.02 Å². The number of rotatable bonds is 6. The van der Waals surface area contributed by atoms with Gasteiger partial charge in [-0.3, -0.25) is 9.52 Å². The van der Waals surface area contributed by atoms with E-state index in [1.54, 1.807) is 48.5 Å². The second-order valence-electron chi connectivity index (χ2n) is 5.80. The third kappa shape index (κ3) is 4.62. The zero-order valence-electron chi connectivity index (χ0n) is 14.8. The molecular weight excluding hydrogens is 400 g/mol. The maximum atomic E-state index is 12.8. The molecule has 8 heteroatoms. The monoisotopic (exact) mass is 416 g/mol. The number of halogens is 1. The van der Waals surface area contributed by atoms with Gasteiger partial charge in [0.2, 0.25) is 0 Å². The molecule has 0 aliphatic heterocycles. The number of ether oxygens (including phenoxy) is 1. The molecule has 2 N–H and O–H groups in total. The van der Waals surface area contributed by atoms with Gasteiger partial charge < -0.3 is 10.1 Å². The summed E-state index contributed by atoms with van der Waals surface area (Å²) in [4.78, 5) is 12.4. The second kappa shape index (κ2) is 8.33. The van der Waals surface area contributed by atoms with Crippen LogP contribution in [-0.4, -0.2) is 21.4 Å². The van der Waals surface area contributed by atoms with Crippen LogP contribution < -0.4 is 14.8 Å². The number of anilines is 2. The van der Waals surface area contributed by atoms with E-state index in [0.29, 0.717) is 16.4 Å². The Kier molecular flexibility index (Phi) is 5.87. The molecule has 28 heavy (non-hydrogen) atoms. The van der Waals surface area contributed by atoms with Crippen molar-refractivity contribution in [2.24, 2.45) is 0 Å². The lowest BCUT2D eigenvalue weighted by atomic mass is 10.2. The van der Waals surface area contributed by atoms with Gasteiger partial charge in [-0.1, -0.05) is 29.8 Å². The van der Waals surface area contributed by atoms with E-state index in [1.807, 2.05) is 6.07 Å². The van der Waals surface area contributed by atoms with Gasteiger partial charge in [-0.25, -0.2) is 8.42 Å². The van der Waals surface area contributed by atoms with Crippen molar-refractivity contribution in [2.45, 2.75) is 4.90 Å². The van der Waals surface area contributed by atoms with E-state index in [2.05, 4.69) is 10.0 Å². The predicted molar refractivity (Wildman–Crippen MR) is 110 cm³/mol. The molecule has 0 aliphatic rings. The number of nitrogens with one attached hydrogen (secondary N) is 2. The molecule has 0 heterocycles. The minimum atomic E-state index is -4.00. The molecule has 0 atom stereocenters. The molecule has 0 saturated carbocycles. The van der Waals surface area contributed by atoms with E-state index >= 15 is 0 Å². The number of hydrogen-bond acceptors (Lipinski definition) is 4. The van der Waals surface area contributed by atoms with E-state index in [-0.39, 0.29) is 16.2 Å². The molecule has 3 aromatic carbocycles. The summed E-state index contributed by atoms with van der Waals surface area (Å²) in [6.07, 6.45) is 0. The van der Waals surface area contributed by atoms with Crippen molar-refractivity contribution < 1.29 is 17.9 Å². The molecule has 0 aliphatic carbocycles. The summed E-state index contributed by atoms with van der Waals surface area (Å²) in [7, 11) is -2.63. The normalized spacial score (nSPS) is 10.9. The number of carbonyl (C=O) groups is 1. The smallest absolute Gasteiger partial charge is 0.265 e. The third-order valence-electron chi connectivity index (χ3n) is 3.84. The highest BCUT2D eigenvalue weighted by molar-refractivity contribution is 7.92. The number of benzene rings is 3. The van der Waals surface area contributed by atoms with Crippen molar-refractivity contribution in [3.05, 3.63) is 83.4 Å². The summed E-state index contributed by atoms with van der Waals surface area (Å²) in [6.45, 7) is 0. The Morgan fingerprint density at radius 2 is 1.61 bits per heavy atom. The average molecular weight is 417 g/mol. The fourth-order valence-corrected chi connectivity index (χ4v) is 3.86. The number of para-hydroxylation sites is 1. The highest BCUT2D eigenvalue weighted by atomic mass is 35.5. The van der Waals surface area contributed by atoms with Crippen LogP contribution >= 0.6 is 11.6 Å². The third-order valence-corrected chi connectivity index (χ3v) is 5.50. The van der Waals surface area contributed by atoms with Crippen molar-refractivity contribution in [2.75, 3.05) is 17.1 Å². The lowest BCUT2D eigenvalue weighted by Gasteiger charge is -2.13. The van der Waals surface area contributed by atoms with Gasteiger partial charge in [0, 0.05) is 22.0 Å². The van der Waals surface area contributed by atoms with Crippen LogP contribution in [-0.2, 0) is 10.0 Å². The average Bonchev–Trinajstić information content (AvgIpc) is 2.70. The maximum Gasteiger partial charge on any atom is 0.265 e. The lowest BCUT2D eigenvalue weighted by Crippen LogP contribution is -2.17. The summed E-state index contributed by atoms with van der Waals surface area (Å²) < 4.78 is 33.3. The van der Waals surface area contributed by atoms with E-state index < -0.39 is 15.9 Å². The zero-order chi connectivity index (χ0) is 20.1. The summed E-state index contributed by atoms with van der Waals surface area (Å²) in [5.74, 6) is -0.311. The number of carbonyl (C=O) groups excluding carboxylic acids is 1. The molecule has 3 rings (SSSR count). The van der Waals surface area contributed by atoms with E-state index in [4.69, 9.17) is 16.3 Å². The van der Waals surface area contributed by atoms with Crippen molar-refractivity contribution >= 4 is 38.9 Å².